The van der Waals surface area contributed by atoms with Gasteiger partial charge in [0.05, 0.1) is 35.5 Å². The summed E-state index contributed by atoms with van der Waals surface area (Å²) >= 11 is 0. The van der Waals surface area contributed by atoms with Crippen molar-refractivity contribution >= 4 is 32.5 Å². The summed E-state index contributed by atoms with van der Waals surface area (Å²) in [5.74, 6) is 0.185. The predicted octanol–water partition coefficient (Wildman–Crippen LogP) is 4.08. The molecule has 1 amide bonds. The number of fused-ring (bicyclic) bond motifs is 1. The van der Waals surface area contributed by atoms with Crippen molar-refractivity contribution in [2.75, 3.05) is 31.6 Å². The maximum Gasteiger partial charge on any atom is 0.256 e. The zero-order valence-electron chi connectivity index (χ0n) is 18.5. The number of nitrogens with zero attached hydrogens (tertiary/aromatic N) is 2. The number of morpholine rings is 1. The van der Waals surface area contributed by atoms with E-state index < -0.39 is 10.0 Å². The van der Waals surface area contributed by atoms with Crippen LogP contribution in [0.2, 0.25) is 0 Å². The molecule has 1 aliphatic rings. The highest BCUT2D eigenvalue weighted by Crippen LogP contribution is 2.28. The molecule has 9 heteroatoms. The average molecular weight is 478 g/mol. The Morgan fingerprint density at radius 1 is 1.03 bits per heavy atom. The monoisotopic (exact) mass is 477 g/mol. The molecule has 0 radical (unpaired) electrons. The molecule has 0 atom stereocenters. The number of aromatic nitrogens is 1. The van der Waals surface area contributed by atoms with Gasteiger partial charge in [-0.05, 0) is 48.9 Å². The fraction of sp³-hybridized carbons (Fsp3) is 0.200. The fourth-order valence-electron chi connectivity index (χ4n) is 3.94. The number of hydrogen-bond donors (Lipinski definition) is 1. The number of amides is 1. The first kappa shape index (κ1) is 22.3. The molecule has 1 fully saturated rings. The molecule has 0 unspecified atom stereocenters. The van der Waals surface area contributed by atoms with E-state index in [9.17, 15) is 13.2 Å². The SMILES string of the molecule is Cc1ccc(S(=O)(=O)N2CCOCC2)cc1NC(=O)c1cc(-c2ccco2)nc2ccccc12. The van der Waals surface area contributed by atoms with Crippen LogP contribution in [0.3, 0.4) is 0 Å². The number of nitrogens with one attached hydrogen (secondary N) is 1. The number of hydrogen-bond acceptors (Lipinski definition) is 6. The van der Waals surface area contributed by atoms with E-state index in [4.69, 9.17) is 9.15 Å². The lowest BCUT2D eigenvalue weighted by Gasteiger charge is -2.26. The quantitative estimate of drug-likeness (QED) is 0.465. The first-order valence-corrected chi connectivity index (χ1v) is 12.3. The molecule has 2 aromatic carbocycles. The fourth-order valence-corrected chi connectivity index (χ4v) is 5.37. The molecule has 1 saturated heterocycles. The zero-order valence-corrected chi connectivity index (χ0v) is 19.3. The second-order valence-electron chi connectivity index (χ2n) is 8.00. The highest BCUT2D eigenvalue weighted by atomic mass is 32.2. The largest absolute Gasteiger partial charge is 0.463 e. The van der Waals surface area contributed by atoms with Crippen LogP contribution < -0.4 is 5.32 Å². The summed E-state index contributed by atoms with van der Waals surface area (Å²) in [5, 5.41) is 3.59. The van der Waals surface area contributed by atoms with E-state index >= 15 is 0 Å². The van der Waals surface area contributed by atoms with Crippen LogP contribution in [0, 0.1) is 6.92 Å². The van der Waals surface area contributed by atoms with Gasteiger partial charge in [0, 0.05) is 24.2 Å². The number of carbonyl (C=O) groups is 1. The van der Waals surface area contributed by atoms with E-state index in [-0.39, 0.29) is 10.8 Å². The molecule has 4 aromatic rings. The summed E-state index contributed by atoms with van der Waals surface area (Å²) in [4.78, 5) is 18.2. The van der Waals surface area contributed by atoms with Crippen LogP contribution >= 0.6 is 0 Å². The summed E-state index contributed by atoms with van der Waals surface area (Å²) in [6.07, 6.45) is 1.55. The number of sulfonamides is 1. The zero-order chi connectivity index (χ0) is 23.7. The molecule has 0 aliphatic carbocycles. The van der Waals surface area contributed by atoms with Crippen LogP contribution in [0.5, 0.6) is 0 Å². The highest BCUT2D eigenvalue weighted by molar-refractivity contribution is 7.89. The van der Waals surface area contributed by atoms with Crippen molar-refractivity contribution in [3.8, 4) is 11.5 Å². The molecule has 5 rings (SSSR count). The van der Waals surface area contributed by atoms with E-state index in [0.717, 1.165) is 5.56 Å². The van der Waals surface area contributed by atoms with Gasteiger partial charge in [-0.15, -0.1) is 0 Å². The maximum absolute atomic E-state index is 13.4. The van der Waals surface area contributed by atoms with E-state index in [1.54, 1.807) is 36.6 Å². The van der Waals surface area contributed by atoms with Gasteiger partial charge in [-0.1, -0.05) is 24.3 Å². The smallest absolute Gasteiger partial charge is 0.256 e. The van der Waals surface area contributed by atoms with Gasteiger partial charge in [0.2, 0.25) is 10.0 Å². The molecule has 1 N–H and O–H groups in total. The van der Waals surface area contributed by atoms with Crippen LogP contribution in [0.1, 0.15) is 15.9 Å². The first-order valence-electron chi connectivity index (χ1n) is 10.9. The Morgan fingerprint density at radius 3 is 2.59 bits per heavy atom. The second-order valence-corrected chi connectivity index (χ2v) is 9.93. The molecule has 3 heterocycles. The third kappa shape index (κ3) is 4.21. The summed E-state index contributed by atoms with van der Waals surface area (Å²) in [7, 11) is -3.69. The standard InChI is InChI=1S/C25H23N3O5S/c1-17-8-9-18(34(30,31)28-10-13-32-14-11-28)15-22(17)27-25(29)20-16-23(24-7-4-12-33-24)26-21-6-3-2-5-19(20)21/h2-9,12,15-16H,10-11,13-14H2,1H3,(H,27,29). The van der Waals surface area contributed by atoms with E-state index in [2.05, 4.69) is 10.3 Å². The van der Waals surface area contributed by atoms with Crippen molar-refractivity contribution in [2.24, 2.45) is 0 Å². The summed E-state index contributed by atoms with van der Waals surface area (Å²) < 4.78 is 38.3. The molecule has 0 saturated carbocycles. The number of benzene rings is 2. The van der Waals surface area contributed by atoms with Crippen LogP contribution in [-0.2, 0) is 14.8 Å². The summed E-state index contributed by atoms with van der Waals surface area (Å²) in [5.41, 5.74) is 2.78. The van der Waals surface area contributed by atoms with Crippen molar-refractivity contribution in [3.63, 3.8) is 0 Å². The molecule has 2 aromatic heterocycles. The molecular weight excluding hydrogens is 454 g/mol. The third-order valence-corrected chi connectivity index (χ3v) is 7.69. The van der Waals surface area contributed by atoms with Crippen LogP contribution in [0.15, 0.2) is 76.2 Å². The molecule has 0 spiro atoms. The van der Waals surface area contributed by atoms with Gasteiger partial charge < -0.3 is 14.5 Å². The molecule has 174 valence electrons. The number of pyridine rings is 1. The first-order chi connectivity index (χ1) is 16.4. The minimum atomic E-state index is -3.69. The minimum Gasteiger partial charge on any atom is -0.463 e. The average Bonchev–Trinajstić information content (AvgIpc) is 3.40. The molecule has 0 bridgehead atoms. The lowest BCUT2D eigenvalue weighted by molar-refractivity contribution is 0.0730. The number of para-hydroxylation sites is 1. The Morgan fingerprint density at radius 2 is 1.82 bits per heavy atom. The molecular formula is C25H23N3O5S. The Bertz CT molecular complexity index is 1460. The van der Waals surface area contributed by atoms with Crippen molar-refractivity contribution in [1.29, 1.82) is 0 Å². The normalized spacial score (nSPS) is 14.9. The Labute approximate surface area is 197 Å². The van der Waals surface area contributed by atoms with Gasteiger partial charge in [0.15, 0.2) is 5.76 Å². The van der Waals surface area contributed by atoms with Gasteiger partial charge in [0.25, 0.3) is 5.91 Å². The van der Waals surface area contributed by atoms with Crippen molar-refractivity contribution in [3.05, 3.63) is 78.1 Å². The van der Waals surface area contributed by atoms with Crippen molar-refractivity contribution < 1.29 is 22.4 Å². The lowest BCUT2D eigenvalue weighted by atomic mass is 10.1. The van der Waals surface area contributed by atoms with Crippen LogP contribution in [-0.4, -0.2) is 49.9 Å². The van der Waals surface area contributed by atoms with E-state index in [1.807, 2.05) is 31.2 Å². The van der Waals surface area contributed by atoms with Crippen molar-refractivity contribution in [2.45, 2.75) is 11.8 Å². The Hall–Kier alpha value is -3.53. The Kier molecular flexibility index (Phi) is 5.91. The number of ether oxygens (including phenoxy) is 1. The van der Waals surface area contributed by atoms with Gasteiger partial charge in [-0.25, -0.2) is 13.4 Å². The van der Waals surface area contributed by atoms with Crippen LogP contribution in [0.25, 0.3) is 22.4 Å². The van der Waals surface area contributed by atoms with Crippen molar-refractivity contribution in [1.82, 2.24) is 9.29 Å². The number of carbonyl (C=O) groups excluding carboxylic acids is 1. The van der Waals surface area contributed by atoms with Gasteiger partial charge in [-0.3, -0.25) is 4.79 Å². The second kappa shape index (κ2) is 9.02. The van der Waals surface area contributed by atoms with E-state index in [1.165, 1.54) is 10.4 Å². The predicted molar refractivity (Wildman–Crippen MR) is 128 cm³/mol. The molecule has 34 heavy (non-hydrogen) atoms. The van der Waals surface area contributed by atoms with Gasteiger partial charge in [0.1, 0.15) is 5.69 Å². The number of rotatable bonds is 5. The van der Waals surface area contributed by atoms with E-state index in [0.29, 0.717) is 59.9 Å². The van der Waals surface area contributed by atoms with Gasteiger partial charge in [-0.2, -0.15) is 4.31 Å². The maximum atomic E-state index is 13.4. The minimum absolute atomic E-state index is 0.131. The van der Waals surface area contributed by atoms with Crippen LogP contribution in [0.4, 0.5) is 5.69 Å². The van der Waals surface area contributed by atoms with Gasteiger partial charge >= 0.3 is 0 Å². The molecule has 1 aliphatic heterocycles. The number of furan rings is 1. The lowest BCUT2D eigenvalue weighted by Crippen LogP contribution is -2.40. The summed E-state index contributed by atoms with van der Waals surface area (Å²) in [6, 6.07) is 17.3. The number of aryl methyl sites for hydroxylation is 1. The Balaban J connectivity index is 1.51. The highest BCUT2D eigenvalue weighted by Gasteiger charge is 2.27. The third-order valence-electron chi connectivity index (χ3n) is 5.80. The molecule has 8 nitrogen and oxygen atoms in total. The summed E-state index contributed by atoms with van der Waals surface area (Å²) in [6.45, 7) is 3.15. The topological polar surface area (TPSA) is 102 Å². The number of anilines is 1.